The van der Waals surface area contributed by atoms with Crippen LogP contribution in [0.3, 0.4) is 0 Å². The van der Waals surface area contributed by atoms with Gasteiger partial charge in [-0.05, 0) is 18.6 Å². The van der Waals surface area contributed by atoms with Crippen LogP contribution in [0.1, 0.15) is 12.1 Å². The van der Waals surface area contributed by atoms with Crippen LogP contribution in [0.4, 0.5) is 10.2 Å². The van der Waals surface area contributed by atoms with E-state index in [1.165, 1.54) is 12.1 Å². The van der Waals surface area contributed by atoms with Crippen molar-refractivity contribution in [3.05, 3.63) is 41.8 Å². The van der Waals surface area contributed by atoms with Crippen LogP contribution in [0.5, 0.6) is 0 Å². The van der Waals surface area contributed by atoms with E-state index in [4.69, 9.17) is 10.5 Å². The SMILES string of the molecule is COCc1cc(N2CCC(N)C2)nc(-c2cccc(F)c2)n1. The van der Waals surface area contributed by atoms with Crippen LogP contribution in [0.25, 0.3) is 11.4 Å². The molecule has 0 spiro atoms. The maximum absolute atomic E-state index is 13.4. The third kappa shape index (κ3) is 3.23. The van der Waals surface area contributed by atoms with Gasteiger partial charge in [-0.3, -0.25) is 0 Å². The number of anilines is 1. The smallest absolute Gasteiger partial charge is 0.161 e. The molecule has 0 bridgehead atoms. The van der Waals surface area contributed by atoms with Crippen molar-refractivity contribution in [2.45, 2.75) is 19.1 Å². The first-order chi connectivity index (χ1) is 10.7. The molecular formula is C16H19FN4O. The minimum absolute atomic E-state index is 0.165. The van der Waals surface area contributed by atoms with E-state index in [1.54, 1.807) is 19.2 Å². The molecule has 1 saturated heterocycles. The number of aromatic nitrogens is 2. The molecule has 1 aromatic carbocycles. The second-order valence-electron chi connectivity index (χ2n) is 5.48. The summed E-state index contributed by atoms with van der Waals surface area (Å²) in [5.74, 6) is 1.02. The van der Waals surface area contributed by atoms with Gasteiger partial charge in [0.2, 0.25) is 0 Å². The van der Waals surface area contributed by atoms with Gasteiger partial charge in [0.05, 0.1) is 12.3 Å². The van der Waals surface area contributed by atoms with E-state index in [2.05, 4.69) is 14.9 Å². The summed E-state index contributed by atoms with van der Waals surface area (Å²) in [6, 6.07) is 8.37. The Hall–Kier alpha value is -2.05. The molecule has 0 radical (unpaired) electrons. The molecule has 3 rings (SSSR count). The molecule has 1 aromatic heterocycles. The molecule has 1 aliphatic rings. The largest absolute Gasteiger partial charge is 0.378 e. The van der Waals surface area contributed by atoms with Gasteiger partial charge in [-0.25, -0.2) is 14.4 Å². The Morgan fingerprint density at radius 3 is 2.91 bits per heavy atom. The van der Waals surface area contributed by atoms with Gasteiger partial charge in [-0.1, -0.05) is 12.1 Å². The highest BCUT2D eigenvalue weighted by Gasteiger charge is 2.21. The molecule has 22 heavy (non-hydrogen) atoms. The van der Waals surface area contributed by atoms with E-state index in [-0.39, 0.29) is 11.9 Å². The molecular weight excluding hydrogens is 283 g/mol. The average Bonchev–Trinajstić information content (AvgIpc) is 2.94. The number of halogens is 1. The van der Waals surface area contributed by atoms with Crippen LogP contribution in [-0.4, -0.2) is 36.2 Å². The highest BCUT2D eigenvalue weighted by atomic mass is 19.1. The molecule has 1 fully saturated rings. The van der Waals surface area contributed by atoms with Crippen molar-refractivity contribution < 1.29 is 9.13 Å². The fourth-order valence-corrected chi connectivity index (χ4v) is 2.62. The molecule has 2 heterocycles. The molecule has 1 atom stereocenters. The van der Waals surface area contributed by atoms with Crippen molar-refractivity contribution in [3.8, 4) is 11.4 Å². The third-order valence-corrected chi connectivity index (χ3v) is 3.69. The van der Waals surface area contributed by atoms with E-state index in [0.29, 0.717) is 18.0 Å². The third-order valence-electron chi connectivity index (χ3n) is 3.69. The minimum Gasteiger partial charge on any atom is -0.378 e. The lowest BCUT2D eigenvalue weighted by Crippen LogP contribution is -2.27. The second-order valence-corrected chi connectivity index (χ2v) is 5.48. The van der Waals surface area contributed by atoms with Gasteiger partial charge in [-0.15, -0.1) is 0 Å². The Morgan fingerprint density at radius 1 is 1.36 bits per heavy atom. The summed E-state index contributed by atoms with van der Waals surface area (Å²) < 4.78 is 18.6. The minimum atomic E-state index is -0.303. The molecule has 2 N–H and O–H groups in total. The summed E-state index contributed by atoms with van der Waals surface area (Å²) in [7, 11) is 1.62. The Balaban J connectivity index is 2.00. The van der Waals surface area contributed by atoms with Crippen molar-refractivity contribution in [1.82, 2.24) is 9.97 Å². The highest BCUT2D eigenvalue weighted by Crippen LogP contribution is 2.23. The fourth-order valence-electron chi connectivity index (χ4n) is 2.62. The predicted molar refractivity (Wildman–Crippen MR) is 82.9 cm³/mol. The molecule has 1 unspecified atom stereocenters. The Kier molecular flexibility index (Phi) is 4.31. The van der Waals surface area contributed by atoms with Crippen LogP contribution in [0, 0.1) is 5.82 Å². The molecule has 5 nitrogen and oxygen atoms in total. The lowest BCUT2D eigenvalue weighted by Gasteiger charge is -2.18. The lowest BCUT2D eigenvalue weighted by atomic mass is 10.2. The number of nitrogens with zero attached hydrogens (tertiary/aromatic N) is 3. The van der Waals surface area contributed by atoms with Gasteiger partial charge >= 0.3 is 0 Å². The highest BCUT2D eigenvalue weighted by molar-refractivity contribution is 5.58. The van der Waals surface area contributed by atoms with E-state index in [1.807, 2.05) is 6.07 Å². The normalized spacial score (nSPS) is 18.0. The average molecular weight is 302 g/mol. The van der Waals surface area contributed by atoms with E-state index < -0.39 is 0 Å². The van der Waals surface area contributed by atoms with Crippen molar-refractivity contribution in [2.24, 2.45) is 5.73 Å². The molecule has 0 aliphatic carbocycles. The van der Waals surface area contributed by atoms with Crippen LogP contribution in [0.2, 0.25) is 0 Å². The first-order valence-corrected chi connectivity index (χ1v) is 7.29. The Bertz CT molecular complexity index is 664. The summed E-state index contributed by atoms with van der Waals surface area (Å²) in [5, 5.41) is 0. The Labute approximate surface area is 128 Å². The van der Waals surface area contributed by atoms with Crippen LogP contribution in [-0.2, 0) is 11.3 Å². The van der Waals surface area contributed by atoms with Crippen molar-refractivity contribution in [1.29, 1.82) is 0 Å². The molecule has 1 aliphatic heterocycles. The fraction of sp³-hybridized carbons (Fsp3) is 0.375. The van der Waals surface area contributed by atoms with Gasteiger partial charge in [0.25, 0.3) is 0 Å². The summed E-state index contributed by atoms with van der Waals surface area (Å²) in [5.41, 5.74) is 7.39. The summed E-state index contributed by atoms with van der Waals surface area (Å²) in [6.07, 6.45) is 0.943. The van der Waals surface area contributed by atoms with E-state index in [0.717, 1.165) is 31.0 Å². The molecule has 116 valence electrons. The van der Waals surface area contributed by atoms with E-state index in [9.17, 15) is 4.39 Å². The summed E-state index contributed by atoms with van der Waals surface area (Å²) >= 11 is 0. The number of nitrogens with two attached hydrogens (primary N) is 1. The maximum atomic E-state index is 13.4. The number of methoxy groups -OCH3 is 1. The lowest BCUT2D eigenvalue weighted by molar-refractivity contribution is 0.181. The number of benzene rings is 1. The topological polar surface area (TPSA) is 64.3 Å². The van der Waals surface area contributed by atoms with Crippen LogP contribution >= 0.6 is 0 Å². The van der Waals surface area contributed by atoms with Crippen molar-refractivity contribution in [3.63, 3.8) is 0 Å². The number of ether oxygens (including phenoxy) is 1. The monoisotopic (exact) mass is 302 g/mol. The van der Waals surface area contributed by atoms with Gasteiger partial charge in [-0.2, -0.15) is 0 Å². The first-order valence-electron chi connectivity index (χ1n) is 7.29. The quantitative estimate of drug-likeness (QED) is 0.935. The maximum Gasteiger partial charge on any atom is 0.161 e. The van der Waals surface area contributed by atoms with Gasteiger partial charge < -0.3 is 15.4 Å². The van der Waals surface area contributed by atoms with Crippen molar-refractivity contribution in [2.75, 3.05) is 25.1 Å². The number of hydrogen-bond acceptors (Lipinski definition) is 5. The Morgan fingerprint density at radius 2 is 2.23 bits per heavy atom. The van der Waals surface area contributed by atoms with E-state index >= 15 is 0 Å². The van der Waals surface area contributed by atoms with Crippen LogP contribution in [0.15, 0.2) is 30.3 Å². The van der Waals surface area contributed by atoms with Gasteiger partial charge in [0.1, 0.15) is 11.6 Å². The second kappa shape index (κ2) is 6.37. The predicted octanol–water partition coefficient (Wildman–Crippen LogP) is 1.97. The molecule has 6 heteroatoms. The summed E-state index contributed by atoms with van der Waals surface area (Å²) in [6.45, 7) is 2.02. The van der Waals surface area contributed by atoms with Crippen molar-refractivity contribution >= 4 is 5.82 Å². The van der Waals surface area contributed by atoms with Gasteiger partial charge in [0, 0.05) is 37.9 Å². The zero-order valence-corrected chi connectivity index (χ0v) is 12.5. The standard InChI is InChI=1S/C16H19FN4O/c1-22-10-14-8-15(21-6-5-13(18)9-21)20-16(19-14)11-3-2-4-12(17)7-11/h2-4,7-8,13H,5-6,9-10,18H2,1H3. The van der Waals surface area contributed by atoms with Gasteiger partial charge in [0.15, 0.2) is 5.82 Å². The molecule has 2 aromatic rings. The number of hydrogen-bond donors (Lipinski definition) is 1. The molecule has 0 amide bonds. The zero-order valence-electron chi connectivity index (χ0n) is 12.5. The van der Waals surface area contributed by atoms with Crippen LogP contribution < -0.4 is 10.6 Å². The summed E-state index contributed by atoms with van der Waals surface area (Å²) in [4.78, 5) is 11.2. The number of rotatable bonds is 4. The molecule has 0 saturated carbocycles. The zero-order chi connectivity index (χ0) is 15.5. The first kappa shape index (κ1) is 14.9.